The molecule has 0 bridgehead atoms. The molecule has 4 heteroatoms. The van der Waals surface area contributed by atoms with Crippen LogP contribution in [0.3, 0.4) is 0 Å². The van der Waals surface area contributed by atoms with Crippen LogP contribution in [0.25, 0.3) is 0 Å². The number of aryl methyl sites for hydroxylation is 2. The summed E-state index contributed by atoms with van der Waals surface area (Å²) in [6, 6.07) is 1.94. The Hall–Kier alpha value is -1.16. The minimum Gasteiger partial charge on any atom is -0.377 e. The van der Waals surface area contributed by atoms with Crippen LogP contribution in [-0.4, -0.2) is 29.3 Å². The van der Waals surface area contributed by atoms with Crippen LogP contribution < -0.4 is 0 Å². The smallest absolute Gasteiger partial charge is 0.179 e. The van der Waals surface area contributed by atoms with Crippen molar-refractivity contribution >= 4 is 5.78 Å². The third kappa shape index (κ3) is 2.66. The number of hydrogen-bond donors (Lipinski definition) is 0. The quantitative estimate of drug-likeness (QED) is 0.689. The van der Waals surface area contributed by atoms with E-state index in [1.165, 1.54) is 7.11 Å². The highest BCUT2D eigenvalue weighted by Crippen LogP contribution is 2.01. The maximum Gasteiger partial charge on any atom is 0.179 e. The maximum absolute atomic E-state index is 11.2. The molecule has 0 spiro atoms. The van der Waals surface area contributed by atoms with E-state index in [0.717, 1.165) is 11.4 Å². The fraction of sp³-hybridized carbons (Fsp3) is 0.556. The van der Waals surface area contributed by atoms with Crippen LogP contribution in [0.15, 0.2) is 6.07 Å². The van der Waals surface area contributed by atoms with Crippen LogP contribution in [0.4, 0.5) is 0 Å². The monoisotopic (exact) mass is 182 g/mol. The number of nitrogens with zero attached hydrogens (tertiary/aromatic N) is 2. The molecule has 13 heavy (non-hydrogen) atoms. The summed E-state index contributed by atoms with van der Waals surface area (Å²) in [5.74, 6) is 0.0358. The van der Waals surface area contributed by atoms with E-state index >= 15 is 0 Å². The molecule has 0 fully saturated rings. The van der Waals surface area contributed by atoms with E-state index in [1.54, 1.807) is 4.68 Å². The molecule has 1 rings (SSSR count). The van der Waals surface area contributed by atoms with Gasteiger partial charge in [0.2, 0.25) is 0 Å². The standard InChI is InChI=1S/C9H14N2O2/c1-7-4-8(2)11(10-7)5-9(12)6-13-3/h4H,5-6H2,1-3H3. The van der Waals surface area contributed by atoms with Crippen molar-refractivity contribution in [1.82, 2.24) is 9.78 Å². The average molecular weight is 182 g/mol. The summed E-state index contributed by atoms with van der Waals surface area (Å²) in [6.07, 6.45) is 0. The molecule has 0 aliphatic heterocycles. The Morgan fingerprint density at radius 1 is 1.62 bits per heavy atom. The minimum absolute atomic E-state index is 0.0358. The molecule has 0 saturated heterocycles. The fourth-order valence-electron chi connectivity index (χ4n) is 1.21. The van der Waals surface area contributed by atoms with Crippen LogP contribution in [0, 0.1) is 13.8 Å². The second kappa shape index (κ2) is 4.18. The zero-order valence-electron chi connectivity index (χ0n) is 8.20. The van der Waals surface area contributed by atoms with Gasteiger partial charge in [-0.3, -0.25) is 9.48 Å². The molecule has 0 amide bonds. The minimum atomic E-state index is 0.0358. The first-order valence-electron chi connectivity index (χ1n) is 4.15. The summed E-state index contributed by atoms with van der Waals surface area (Å²) in [7, 11) is 1.51. The van der Waals surface area contributed by atoms with Crippen LogP contribution in [0.1, 0.15) is 11.4 Å². The first-order valence-corrected chi connectivity index (χ1v) is 4.15. The van der Waals surface area contributed by atoms with Gasteiger partial charge < -0.3 is 4.74 Å². The summed E-state index contributed by atoms with van der Waals surface area (Å²) in [4.78, 5) is 11.2. The number of carbonyl (C=O) groups is 1. The molecule has 72 valence electrons. The van der Waals surface area contributed by atoms with Gasteiger partial charge >= 0.3 is 0 Å². The molecule has 1 aromatic heterocycles. The lowest BCUT2D eigenvalue weighted by Gasteiger charge is -2.02. The Kier molecular flexibility index (Phi) is 3.19. The molecule has 0 saturated carbocycles. The van der Waals surface area contributed by atoms with E-state index in [9.17, 15) is 4.79 Å². The predicted molar refractivity (Wildman–Crippen MR) is 48.6 cm³/mol. The Labute approximate surface area is 77.5 Å². The van der Waals surface area contributed by atoms with Crippen LogP contribution in [0.2, 0.25) is 0 Å². The molecule has 0 aliphatic rings. The normalized spacial score (nSPS) is 10.4. The number of methoxy groups -OCH3 is 1. The molecule has 0 radical (unpaired) electrons. The third-order valence-corrected chi connectivity index (χ3v) is 1.73. The lowest BCUT2D eigenvalue weighted by Crippen LogP contribution is -2.16. The molecule has 0 aromatic carbocycles. The summed E-state index contributed by atoms with van der Waals surface area (Å²) in [5, 5.41) is 4.17. The highest BCUT2D eigenvalue weighted by molar-refractivity contribution is 5.79. The van der Waals surface area contributed by atoms with Crippen molar-refractivity contribution in [3.8, 4) is 0 Å². The largest absolute Gasteiger partial charge is 0.377 e. The van der Waals surface area contributed by atoms with Crippen molar-refractivity contribution in [1.29, 1.82) is 0 Å². The molecular formula is C9H14N2O2. The number of rotatable bonds is 4. The Bertz CT molecular complexity index is 305. The van der Waals surface area contributed by atoms with E-state index in [1.807, 2.05) is 19.9 Å². The Morgan fingerprint density at radius 2 is 2.31 bits per heavy atom. The van der Waals surface area contributed by atoms with Gasteiger partial charge in [-0.15, -0.1) is 0 Å². The van der Waals surface area contributed by atoms with Crippen molar-refractivity contribution in [2.45, 2.75) is 20.4 Å². The summed E-state index contributed by atoms with van der Waals surface area (Å²) in [5.41, 5.74) is 1.93. The topological polar surface area (TPSA) is 44.1 Å². The first-order chi connectivity index (χ1) is 6.13. The molecule has 0 aliphatic carbocycles. The maximum atomic E-state index is 11.2. The molecular weight excluding hydrogens is 168 g/mol. The van der Waals surface area contributed by atoms with Crippen molar-refractivity contribution in [2.75, 3.05) is 13.7 Å². The van der Waals surface area contributed by atoms with Crippen LogP contribution in [-0.2, 0) is 16.1 Å². The molecule has 0 N–H and O–H groups in total. The first kappa shape index (κ1) is 9.92. The number of carbonyl (C=O) groups excluding carboxylic acids is 1. The fourth-order valence-corrected chi connectivity index (χ4v) is 1.21. The van der Waals surface area contributed by atoms with Crippen molar-refractivity contribution < 1.29 is 9.53 Å². The summed E-state index contributed by atoms with van der Waals surface area (Å²) < 4.78 is 6.42. The molecule has 1 aromatic rings. The number of ether oxygens (including phenoxy) is 1. The molecule has 1 heterocycles. The zero-order chi connectivity index (χ0) is 9.84. The average Bonchev–Trinajstić information content (AvgIpc) is 2.30. The van der Waals surface area contributed by atoms with Gasteiger partial charge in [0, 0.05) is 12.8 Å². The number of Topliss-reactive ketones (excluding diaryl/α,β-unsaturated/α-hetero) is 1. The molecule has 0 unspecified atom stereocenters. The summed E-state index contributed by atoms with van der Waals surface area (Å²) in [6.45, 7) is 4.29. The van der Waals surface area contributed by atoms with Crippen LogP contribution >= 0.6 is 0 Å². The van der Waals surface area contributed by atoms with Gasteiger partial charge in [0.25, 0.3) is 0 Å². The molecule has 0 atom stereocenters. The van der Waals surface area contributed by atoms with Crippen LogP contribution in [0.5, 0.6) is 0 Å². The van der Waals surface area contributed by atoms with Gasteiger partial charge in [-0.05, 0) is 19.9 Å². The van der Waals surface area contributed by atoms with Gasteiger partial charge in [0.1, 0.15) is 13.2 Å². The second-order valence-electron chi connectivity index (χ2n) is 3.06. The Balaban J connectivity index is 2.63. The van der Waals surface area contributed by atoms with Crippen molar-refractivity contribution in [2.24, 2.45) is 0 Å². The van der Waals surface area contributed by atoms with Crippen molar-refractivity contribution in [3.63, 3.8) is 0 Å². The summed E-state index contributed by atoms with van der Waals surface area (Å²) >= 11 is 0. The second-order valence-corrected chi connectivity index (χ2v) is 3.06. The molecule has 4 nitrogen and oxygen atoms in total. The number of hydrogen-bond acceptors (Lipinski definition) is 3. The van der Waals surface area contributed by atoms with E-state index in [4.69, 9.17) is 4.74 Å². The predicted octanol–water partition coefficient (Wildman–Crippen LogP) is 0.715. The third-order valence-electron chi connectivity index (χ3n) is 1.73. The van der Waals surface area contributed by atoms with Gasteiger partial charge in [-0.25, -0.2) is 0 Å². The zero-order valence-corrected chi connectivity index (χ0v) is 8.20. The lowest BCUT2D eigenvalue weighted by atomic mass is 10.4. The number of aromatic nitrogens is 2. The van der Waals surface area contributed by atoms with Gasteiger partial charge in [0.05, 0.1) is 5.69 Å². The van der Waals surface area contributed by atoms with Crippen molar-refractivity contribution in [3.05, 3.63) is 17.5 Å². The lowest BCUT2D eigenvalue weighted by molar-refractivity contribution is -0.123. The van der Waals surface area contributed by atoms with Gasteiger partial charge in [-0.1, -0.05) is 0 Å². The van der Waals surface area contributed by atoms with Gasteiger partial charge in [0.15, 0.2) is 5.78 Å². The van der Waals surface area contributed by atoms with E-state index in [-0.39, 0.29) is 12.4 Å². The Morgan fingerprint density at radius 3 is 2.77 bits per heavy atom. The highest BCUT2D eigenvalue weighted by atomic mass is 16.5. The number of ketones is 1. The van der Waals surface area contributed by atoms with E-state index in [0.29, 0.717) is 6.54 Å². The van der Waals surface area contributed by atoms with E-state index in [2.05, 4.69) is 5.10 Å². The van der Waals surface area contributed by atoms with Gasteiger partial charge in [-0.2, -0.15) is 5.10 Å². The van der Waals surface area contributed by atoms with E-state index < -0.39 is 0 Å². The highest BCUT2D eigenvalue weighted by Gasteiger charge is 2.05. The SMILES string of the molecule is COCC(=O)Cn1nc(C)cc1C.